The Labute approximate surface area is 133 Å². The molecule has 4 rings (SSSR count). The van der Waals surface area contributed by atoms with Crippen LogP contribution in [0, 0.1) is 17.8 Å². The highest BCUT2D eigenvalue weighted by Crippen LogP contribution is 2.48. The Morgan fingerprint density at radius 3 is 2.90 bits per heavy atom. The van der Waals surface area contributed by atoms with Crippen molar-refractivity contribution in [3.8, 4) is 0 Å². The highest BCUT2D eigenvalue weighted by atomic mass is 35.5. The molecule has 21 heavy (non-hydrogen) atoms. The van der Waals surface area contributed by atoms with E-state index in [0.29, 0.717) is 6.04 Å². The maximum absolute atomic E-state index is 4.59. The lowest BCUT2D eigenvalue weighted by atomic mass is 9.88. The van der Waals surface area contributed by atoms with Gasteiger partial charge in [-0.3, -0.25) is 4.90 Å². The van der Waals surface area contributed by atoms with Crippen LogP contribution in [-0.2, 0) is 7.05 Å². The van der Waals surface area contributed by atoms with Crippen LogP contribution in [0.1, 0.15) is 37.5 Å². The molecule has 4 atom stereocenters. The van der Waals surface area contributed by atoms with Gasteiger partial charge >= 0.3 is 0 Å². The van der Waals surface area contributed by atoms with Crippen molar-refractivity contribution >= 4 is 12.4 Å². The zero-order valence-corrected chi connectivity index (χ0v) is 13.7. The average Bonchev–Trinajstić information content (AvgIpc) is 3.16. The monoisotopic (exact) mass is 310 g/mol. The van der Waals surface area contributed by atoms with Crippen LogP contribution in [0.2, 0.25) is 0 Å². The first-order valence-corrected chi connectivity index (χ1v) is 8.23. The van der Waals surface area contributed by atoms with Gasteiger partial charge in [-0.25, -0.2) is 4.98 Å². The van der Waals surface area contributed by atoms with Crippen LogP contribution in [-0.4, -0.2) is 40.6 Å². The van der Waals surface area contributed by atoms with Crippen molar-refractivity contribution in [1.29, 1.82) is 0 Å². The molecule has 118 valence electrons. The molecule has 1 aromatic rings. The smallest absolute Gasteiger partial charge is 0.127 e. The minimum Gasteiger partial charge on any atom is -0.337 e. The predicted octanol–water partition coefficient (Wildman–Crippen LogP) is 2.22. The number of aromatic nitrogens is 2. The van der Waals surface area contributed by atoms with Crippen LogP contribution in [0.3, 0.4) is 0 Å². The summed E-state index contributed by atoms with van der Waals surface area (Å²) in [5.74, 6) is 4.26. The fourth-order valence-electron chi connectivity index (χ4n) is 4.82. The van der Waals surface area contributed by atoms with Gasteiger partial charge < -0.3 is 9.88 Å². The van der Waals surface area contributed by atoms with E-state index in [2.05, 4.69) is 33.0 Å². The topological polar surface area (TPSA) is 33.1 Å². The van der Waals surface area contributed by atoms with Gasteiger partial charge in [-0.15, -0.1) is 12.4 Å². The fraction of sp³-hybridized carbons (Fsp3) is 0.812. The average molecular weight is 311 g/mol. The standard InChI is InChI=1S/C16H26N4.ClH/c1-19-6-5-18-16(19)15-10-17-4-7-20(15)11-14-9-12-2-3-13(14)8-12;/h5-6,12-15,17H,2-4,7-11H2,1H3;1H. The molecule has 3 aliphatic rings. The first kappa shape index (κ1) is 15.3. The number of nitrogens with zero attached hydrogens (tertiary/aromatic N) is 3. The van der Waals surface area contributed by atoms with E-state index in [1.165, 1.54) is 44.6 Å². The van der Waals surface area contributed by atoms with E-state index in [0.717, 1.165) is 30.8 Å². The van der Waals surface area contributed by atoms with Gasteiger partial charge in [0, 0.05) is 45.6 Å². The molecule has 0 aromatic carbocycles. The summed E-state index contributed by atoms with van der Waals surface area (Å²) in [6.45, 7) is 4.64. The second-order valence-corrected chi connectivity index (χ2v) is 7.05. The lowest BCUT2D eigenvalue weighted by Gasteiger charge is -2.38. The Morgan fingerprint density at radius 1 is 1.33 bits per heavy atom. The van der Waals surface area contributed by atoms with Crippen molar-refractivity contribution in [1.82, 2.24) is 19.8 Å². The Balaban J connectivity index is 0.00000132. The third-order valence-electron chi connectivity index (χ3n) is 5.86. The molecule has 0 spiro atoms. The molecule has 5 heteroatoms. The van der Waals surface area contributed by atoms with Crippen molar-refractivity contribution in [2.45, 2.75) is 31.7 Å². The third kappa shape index (κ3) is 2.86. The molecular formula is C16H27ClN4. The van der Waals surface area contributed by atoms with E-state index in [9.17, 15) is 0 Å². The summed E-state index contributed by atoms with van der Waals surface area (Å²) in [6.07, 6.45) is 10.0. The molecule has 3 fully saturated rings. The van der Waals surface area contributed by atoms with Crippen molar-refractivity contribution < 1.29 is 0 Å². The van der Waals surface area contributed by atoms with E-state index in [1.54, 1.807) is 0 Å². The summed E-state index contributed by atoms with van der Waals surface area (Å²) in [5.41, 5.74) is 0. The zero-order valence-electron chi connectivity index (χ0n) is 12.9. The van der Waals surface area contributed by atoms with E-state index in [4.69, 9.17) is 0 Å². The first-order valence-electron chi connectivity index (χ1n) is 8.23. The Kier molecular flexibility index (Phi) is 4.57. The summed E-state index contributed by atoms with van der Waals surface area (Å²) in [5, 5.41) is 3.54. The van der Waals surface area contributed by atoms with Crippen LogP contribution < -0.4 is 5.32 Å². The SMILES string of the molecule is Cl.Cn1ccnc1C1CNCCN1CC1CC2CCC1C2. The number of aryl methyl sites for hydroxylation is 1. The second-order valence-electron chi connectivity index (χ2n) is 7.05. The summed E-state index contributed by atoms with van der Waals surface area (Å²) in [7, 11) is 2.12. The molecule has 1 saturated heterocycles. The van der Waals surface area contributed by atoms with Crippen molar-refractivity contribution in [3.05, 3.63) is 18.2 Å². The lowest BCUT2D eigenvalue weighted by Crippen LogP contribution is -2.48. The molecule has 1 aliphatic heterocycles. The molecule has 1 N–H and O–H groups in total. The van der Waals surface area contributed by atoms with E-state index < -0.39 is 0 Å². The molecule has 4 unspecified atom stereocenters. The van der Waals surface area contributed by atoms with Crippen LogP contribution >= 0.6 is 12.4 Å². The van der Waals surface area contributed by atoms with Gasteiger partial charge in [0.25, 0.3) is 0 Å². The van der Waals surface area contributed by atoms with Gasteiger partial charge in [0.05, 0.1) is 6.04 Å². The van der Waals surface area contributed by atoms with Crippen molar-refractivity contribution in [3.63, 3.8) is 0 Å². The quantitative estimate of drug-likeness (QED) is 0.929. The predicted molar refractivity (Wildman–Crippen MR) is 86.6 cm³/mol. The number of rotatable bonds is 3. The lowest BCUT2D eigenvalue weighted by molar-refractivity contribution is 0.111. The summed E-state index contributed by atoms with van der Waals surface area (Å²) < 4.78 is 2.19. The molecule has 2 aliphatic carbocycles. The van der Waals surface area contributed by atoms with Crippen molar-refractivity contribution in [2.75, 3.05) is 26.2 Å². The number of nitrogens with one attached hydrogen (secondary N) is 1. The second kappa shape index (κ2) is 6.27. The summed E-state index contributed by atoms with van der Waals surface area (Å²) in [6, 6.07) is 0.461. The molecule has 4 nitrogen and oxygen atoms in total. The van der Waals surface area contributed by atoms with Gasteiger partial charge in [0.2, 0.25) is 0 Å². The number of fused-ring (bicyclic) bond motifs is 2. The van der Waals surface area contributed by atoms with Crippen LogP contribution in [0.5, 0.6) is 0 Å². The van der Waals surface area contributed by atoms with E-state index in [1.807, 2.05) is 6.20 Å². The van der Waals surface area contributed by atoms with Gasteiger partial charge in [-0.2, -0.15) is 0 Å². The number of imidazole rings is 1. The minimum absolute atomic E-state index is 0. The Hall–Kier alpha value is -0.580. The third-order valence-corrected chi connectivity index (χ3v) is 5.86. The maximum Gasteiger partial charge on any atom is 0.127 e. The maximum atomic E-state index is 4.59. The molecular weight excluding hydrogens is 284 g/mol. The van der Waals surface area contributed by atoms with Gasteiger partial charge in [0.15, 0.2) is 0 Å². The van der Waals surface area contributed by atoms with E-state index in [-0.39, 0.29) is 12.4 Å². The number of piperazine rings is 1. The van der Waals surface area contributed by atoms with Gasteiger partial charge in [-0.1, -0.05) is 6.42 Å². The number of hydrogen-bond acceptors (Lipinski definition) is 3. The Morgan fingerprint density at radius 2 is 2.24 bits per heavy atom. The zero-order chi connectivity index (χ0) is 13.5. The molecule has 2 bridgehead atoms. The van der Waals surface area contributed by atoms with Crippen LogP contribution in [0.15, 0.2) is 12.4 Å². The summed E-state index contributed by atoms with van der Waals surface area (Å²) >= 11 is 0. The fourth-order valence-corrected chi connectivity index (χ4v) is 4.82. The first-order chi connectivity index (χ1) is 9.81. The van der Waals surface area contributed by atoms with Crippen LogP contribution in [0.4, 0.5) is 0 Å². The number of halogens is 1. The van der Waals surface area contributed by atoms with Crippen LogP contribution in [0.25, 0.3) is 0 Å². The highest BCUT2D eigenvalue weighted by Gasteiger charge is 2.41. The number of hydrogen-bond donors (Lipinski definition) is 1. The molecule has 0 radical (unpaired) electrons. The normalized spacial score (nSPS) is 35.9. The van der Waals surface area contributed by atoms with E-state index >= 15 is 0 Å². The van der Waals surface area contributed by atoms with Crippen molar-refractivity contribution in [2.24, 2.45) is 24.8 Å². The largest absolute Gasteiger partial charge is 0.337 e. The highest BCUT2D eigenvalue weighted by molar-refractivity contribution is 5.85. The summed E-state index contributed by atoms with van der Waals surface area (Å²) in [4.78, 5) is 7.29. The van der Waals surface area contributed by atoms with Gasteiger partial charge in [-0.05, 0) is 37.0 Å². The molecule has 2 heterocycles. The Bertz CT molecular complexity index is 475. The minimum atomic E-state index is 0. The molecule has 0 amide bonds. The molecule has 2 saturated carbocycles. The van der Waals surface area contributed by atoms with Gasteiger partial charge in [0.1, 0.15) is 5.82 Å². The molecule has 1 aromatic heterocycles.